The van der Waals surface area contributed by atoms with Crippen molar-refractivity contribution in [3.05, 3.63) is 133 Å². The van der Waals surface area contributed by atoms with Gasteiger partial charge in [0.25, 0.3) is 0 Å². The van der Waals surface area contributed by atoms with Crippen LogP contribution in [0.2, 0.25) is 0 Å². The summed E-state index contributed by atoms with van der Waals surface area (Å²) in [6, 6.07) is 28.4. The summed E-state index contributed by atoms with van der Waals surface area (Å²) in [4.78, 5) is 47.5. The molecule has 4 aromatic rings. The van der Waals surface area contributed by atoms with E-state index >= 15 is 0 Å². The summed E-state index contributed by atoms with van der Waals surface area (Å²) in [5.74, 6) is 2.33. The number of benzene rings is 4. The average molecular weight is 1020 g/mol. The molecule has 402 valence electrons. The van der Waals surface area contributed by atoms with Crippen molar-refractivity contribution >= 4 is 23.9 Å². The van der Waals surface area contributed by atoms with Gasteiger partial charge in [-0.3, -0.25) is 0 Å². The Kier molecular flexibility index (Phi) is 31.6. The number of carbonyl (C=O) groups is 4. The summed E-state index contributed by atoms with van der Waals surface area (Å²) >= 11 is 0. The zero-order chi connectivity index (χ0) is 52.5. The second-order valence-electron chi connectivity index (χ2n) is 18.4. The van der Waals surface area contributed by atoms with Crippen LogP contribution < -0.4 is 28.4 Å². The molecule has 12 nitrogen and oxygen atoms in total. The molecular formula is C62H82O12. The lowest BCUT2D eigenvalue weighted by Crippen LogP contribution is -2.08. The third kappa shape index (κ3) is 28.0. The van der Waals surface area contributed by atoms with Crippen LogP contribution in [0.25, 0.3) is 0 Å². The van der Waals surface area contributed by atoms with Gasteiger partial charge in [-0.2, -0.15) is 0 Å². The Balaban J connectivity index is 0.918. The van der Waals surface area contributed by atoms with E-state index in [2.05, 4.69) is 13.2 Å². The molecule has 0 saturated carbocycles. The lowest BCUT2D eigenvalue weighted by Gasteiger charge is -2.09. The fourth-order valence-electron chi connectivity index (χ4n) is 7.93. The Morgan fingerprint density at radius 2 is 0.486 bits per heavy atom. The molecule has 0 atom stereocenters. The molecule has 0 unspecified atom stereocenters. The molecule has 0 spiro atoms. The molecule has 0 saturated heterocycles. The normalized spacial score (nSPS) is 10.8. The lowest BCUT2D eigenvalue weighted by atomic mass is 10.1. The minimum absolute atomic E-state index is 0.354. The molecule has 12 heteroatoms. The van der Waals surface area contributed by atoms with E-state index < -0.39 is 11.9 Å². The molecule has 0 aliphatic heterocycles. The molecule has 0 radical (unpaired) electrons. The molecule has 4 aromatic carbocycles. The van der Waals surface area contributed by atoms with E-state index in [0.717, 1.165) is 113 Å². The van der Waals surface area contributed by atoms with Gasteiger partial charge in [0.15, 0.2) is 0 Å². The van der Waals surface area contributed by atoms with E-state index in [1.807, 2.05) is 24.3 Å². The largest absolute Gasteiger partial charge is 0.494 e. The molecule has 0 fully saturated rings. The van der Waals surface area contributed by atoms with Crippen molar-refractivity contribution < 1.29 is 57.1 Å². The number of rotatable bonds is 43. The smallest absolute Gasteiger partial charge is 0.343 e. The first-order chi connectivity index (χ1) is 36.3. The Bertz CT molecular complexity index is 1990. The highest BCUT2D eigenvalue weighted by Gasteiger charge is 2.11. The summed E-state index contributed by atoms with van der Waals surface area (Å²) < 4.78 is 44.7. The number of hydrogen-bond donors (Lipinski definition) is 0. The van der Waals surface area contributed by atoms with E-state index in [-0.39, 0.29) is 11.9 Å². The zero-order valence-corrected chi connectivity index (χ0v) is 43.9. The predicted molar refractivity (Wildman–Crippen MR) is 291 cm³/mol. The van der Waals surface area contributed by atoms with Crippen molar-refractivity contribution in [2.75, 3.05) is 39.6 Å². The molecule has 0 aromatic heterocycles. The third-order valence-electron chi connectivity index (χ3n) is 12.3. The Morgan fingerprint density at radius 1 is 0.284 bits per heavy atom. The number of hydrogen-bond acceptors (Lipinski definition) is 12. The van der Waals surface area contributed by atoms with Crippen LogP contribution in [0.1, 0.15) is 175 Å². The first-order valence-electron chi connectivity index (χ1n) is 27.3. The molecule has 0 N–H and O–H groups in total. The van der Waals surface area contributed by atoms with Crippen LogP contribution in [0.4, 0.5) is 0 Å². The van der Waals surface area contributed by atoms with Crippen molar-refractivity contribution in [3.63, 3.8) is 0 Å². The Hall–Kier alpha value is -6.56. The fraction of sp³-hybridized carbons (Fsp3) is 0.484. The molecule has 0 bridgehead atoms. The first-order valence-corrected chi connectivity index (χ1v) is 27.3. The van der Waals surface area contributed by atoms with Gasteiger partial charge in [-0.05, 0) is 136 Å². The minimum atomic E-state index is -0.423. The van der Waals surface area contributed by atoms with Gasteiger partial charge in [-0.15, -0.1) is 0 Å². The lowest BCUT2D eigenvalue weighted by molar-refractivity contribution is -0.138. The number of ether oxygens (including phenoxy) is 8. The molecular weight excluding hydrogens is 937 g/mol. The van der Waals surface area contributed by atoms with Crippen LogP contribution in [0, 0.1) is 0 Å². The van der Waals surface area contributed by atoms with Gasteiger partial charge in [-0.1, -0.05) is 129 Å². The third-order valence-corrected chi connectivity index (χ3v) is 12.3. The van der Waals surface area contributed by atoms with Crippen LogP contribution >= 0.6 is 0 Å². The van der Waals surface area contributed by atoms with Crippen molar-refractivity contribution in [2.45, 2.75) is 154 Å². The van der Waals surface area contributed by atoms with Gasteiger partial charge in [-0.25, -0.2) is 19.2 Å². The zero-order valence-electron chi connectivity index (χ0n) is 43.9. The first kappa shape index (κ1) is 60.0. The van der Waals surface area contributed by atoms with Crippen LogP contribution in [-0.2, 0) is 19.1 Å². The quantitative estimate of drug-likeness (QED) is 0.0180. The summed E-state index contributed by atoms with van der Waals surface area (Å²) in [6.45, 7) is 10.3. The van der Waals surface area contributed by atoms with E-state index in [0.29, 0.717) is 62.3 Å². The summed E-state index contributed by atoms with van der Waals surface area (Å²) in [7, 11) is 0. The van der Waals surface area contributed by atoms with Crippen molar-refractivity contribution in [2.24, 2.45) is 0 Å². The van der Waals surface area contributed by atoms with E-state index in [1.54, 1.807) is 72.8 Å². The molecule has 0 heterocycles. The number of esters is 4. The van der Waals surface area contributed by atoms with Crippen LogP contribution in [0.5, 0.6) is 34.5 Å². The molecule has 0 amide bonds. The highest BCUT2D eigenvalue weighted by Crippen LogP contribution is 2.23. The summed E-state index contributed by atoms with van der Waals surface area (Å²) in [6.07, 6.45) is 28.8. The Morgan fingerprint density at radius 3 is 0.730 bits per heavy atom. The van der Waals surface area contributed by atoms with Gasteiger partial charge in [0.2, 0.25) is 0 Å². The van der Waals surface area contributed by atoms with Gasteiger partial charge in [0.05, 0.1) is 50.8 Å². The molecule has 0 aliphatic rings. The highest BCUT2D eigenvalue weighted by atomic mass is 16.5. The highest BCUT2D eigenvalue weighted by molar-refractivity contribution is 5.91. The predicted octanol–water partition coefficient (Wildman–Crippen LogP) is 15.2. The Labute approximate surface area is 441 Å². The van der Waals surface area contributed by atoms with Crippen molar-refractivity contribution in [3.8, 4) is 34.5 Å². The van der Waals surface area contributed by atoms with Gasteiger partial charge in [0.1, 0.15) is 34.5 Å². The van der Waals surface area contributed by atoms with Crippen LogP contribution in [0.15, 0.2) is 122 Å². The maximum atomic E-state index is 12.7. The fourth-order valence-corrected chi connectivity index (χ4v) is 7.93. The number of carbonyl (C=O) groups excluding carboxylic acids is 4. The topological polar surface area (TPSA) is 142 Å². The van der Waals surface area contributed by atoms with Crippen molar-refractivity contribution in [1.29, 1.82) is 0 Å². The van der Waals surface area contributed by atoms with Gasteiger partial charge >= 0.3 is 23.9 Å². The summed E-state index contributed by atoms with van der Waals surface area (Å²) in [5, 5.41) is 0. The minimum Gasteiger partial charge on any atom is -0.494 e. The monoisotopic (exact) mass is 1020 g/mol. The number of unbranched alkanes of at least 4 members (excludes halogenated alkanes) is 21. The van der Waals surface area contributed by atoms with Crippen LogP contribution in [0.3, 0.4) is 0 Å². The van der Waals surface area contributed by atoms with E-state index in [1.165, 1.54) is 76.4 Å². The maximum Gasteiger partial charge on any atom is 0.343 e. The second kappa shape index (κ2) is 39.0. The van der Waals surface area contributed by atoms with Gasteiger partial charge < -0.3 is 37.9 Å². The van der Waals surface area contributed by atoms with Crippen LogP contribution in [-0.4, -0.2) is 63.5 Å². The SMILES string of the molecule is C=CC(=O)OCCCCCCCCCCOc1ccc(C(=O)Oc2ccc(OCCCCCCCCCCOc3ccc(OC(=O)c4ccc(OCCCCCCCCCCOC(=O)C=C)cc4)cc3)cc2)cc1. The van der Waals surface area contributed by atoms with E-state index in [9.17, 15) is 19.2 Å². The molecule has 74 heavy (non-hydrogen) atoms. The van der Waals surface area contributed by atoms with E-state index in [4.69, 9.17) is 37.9 Å². The standard InChI is InChI=1S/C62H82O12/c1-3-59(63)71-49-27-21-15-9-7-13-17-23-45-67-53-33-29-51(30-34-53)61(65)73-57-41-37-55(38-42-57)69-47-25-19-11-5-6-12-20-26-48-70-56-39-43-58(44-40-56)74-62(66)52-31-35-54(36-32-52)68-46-24-18-14-8-10-16-22-28-50-72-60(64)4-2/h3-4,29-44H,1-2,5-28,45-50H2. The maximum absolute atomic E-state index is 12.7. The van der Waals surface area contributed by atoms with Gasteiger partial charge in [0, 0.05) is 12.2 Å². The average Bonchev–Trinajstić information content (AvgIpc) is 3.42. The van der Waals surface area contributed by atoms with Crippen molar-refractivity contribution in [1.82, 2.24) is 0 Å². The summed E-state index contributed by atoms with van der Waals surface area (Å²) in [5.41, 5.74) is 0.916. The molecule has 4 rings (SSSR count). The second-order valence-corrected chi connectivity index (χ2v) is 18.4. The molecule has 0 aliphatic carbocycles.